The van der Waals surface area contributed by atoms with Crippen LogP contribution in [0.5, 0.6) is 0 Å². The Labute approximate surface area is 179 Å². The van der Waals surface area contributed by atoms with Crippen LogP contribution in [0, 0.1) is 12.8 Å². The van der Waals surface area contributed by atoms with Crippen LogP contribution in [-0.2, 0) is 16.1 Å². The van der Waals surface area contributed by atoms with Gasteiger partial charge in [-0.15, -0.1) is 0 Å². The molecule has 10 heteroatoms. The Hall–Kier alpha value is -2.13. The molecule has 0 aliphatic carbocycles. The van der Waals surface area contributed by atoms with Crippen LogP contribution in [0.4, 0.5) is 0 Å². The molecule has 8 nitrogen and oxygen atoms in total. The molecule has 29 heavy (non-hydrogen) atoms. The molecule has 1 atom stereocenters. The SMILES string of the molecule is Cc1cc(C(=O)O)n(CC(=O)NCC2CNCCOC2)n1.Clc1ccccc1Cl. The monoisotopic (exact) mass is 442 g/mol. The number of nitrogens with zero attached hydrogens (tertiary/aromatic N) is 2. The van der Waals surface area contributed by atoms with E-state index in [0.29, 0.717) is 35.5 Å². The van der Waals surface area contributed by atoms with Gasteiger partial charge in [0.2, 0.25) is 5.91 Å². The summed E-state index contributed by atoms with van der Waals surface area (Å²) in [5, 5.41) is 20.3. The van der Waals surface area contributed by atoms with Crippen LogP contribution in [0.15, 0.2) is 30.3 Å². The quantitative estimate of drug-likeness (QED) is 0.655. The normalized spacial score (nSPS) is 16.3. The van der Waals surface area contributed by atoms with Gasteiger partial charge in [0.05, 0.1) is 29.0 Å². The van der Waals surface area contributed by atoms with E-state index in [1.165, 1.54) is 10.7 Å². The lowest BCUT2D eigenvalue weighted by molar-refractivity contribution is -0.122. The van der Waals surface area contributed by atoms with Gasteiger partial charge in [-0.3, -0.25) is 4.79 Å². The molecule has 1 amide bonds. The lowest BCUT2D eigenvalue weighted by Crippen LogP contribution is -2.37. The number of aryl methyl sites for hydroxylation is 1. The molecule has 1 aliphatic heterocycles. The average molecular weight is 443 g/mol. The van der Waals surface area contributed by atoms with Crippen LogP contribution < -0.4 is 10.6 Å². The number of ether oxygens (including phenoxy) is 1. The fraction of sp³-hybridized carbons (Fsp3) is 0.421. The minimum Gasteiger partial charge on any atom is -0.477 e. The van der Waals surface area contributed by atoms with E-state index in [9.17, 15) is 9.59 Å². The van der Waals surface area contributed by atoms with Crippen LogP contribution in [0.25, 0.3) is 0 Å². The molecule has 0 saturated carbocycles. The number of aromatic carboxylic acids is 1. The Morgan fingerprint density at radius 3 is 2.66 bits per heavy atom. The molecule has 2 heterocycles. The molecule has 1 unspecified atom stereocenters. The number of carbonyl (C=O) groups excluding carboxylic acids is 1. The van der Waals surface area contributed by atoms with Gasteiger partial charge < -0.3 is 20.5 Å². The maximum absolute atomic E-state index is 11.9. The first kappa shape index (κ1) is 23.2. The van der Waals surface area contributed by atoms with Gasteiger partial charge in [0, 0.05) is 25.6 Å². The summed E-state index contributed by atoms with van der Waals surface area (Å²) in [7, 11) is 0. The molecule has 0 spiro atoms. The van der Waals surface area contributed by atoms with Crippen molar-refractivity contribution < 1.29 is 19.4 Å². The average Bonchev–Trinajstić information content (AvgIpc) is 2.88. The van der Waals surface area contributed by atoms with Gasteiger partial charge >= 0.3 is 5.97 Å². The first-order valence-corrected chi connectivity index (χ1v) is 9.85. The van der Waals surface area contributed by atoms with E-state index in [-0.39, 0.29) is 24.1 Å². The van der Waals surface area contributed by atoms with E-state index in [4.69, 9.17) is 33.0 Å². The highest BCUT2D eigenvalue weighted by Crippen LogP contribution is 2.19. The summed E-state index contributed by atoms with van der Waals surface area (Å²) in [4.78, 5) is 22.9. The van der Waals surface area contributed by atoms with E-state index in [0.717, 1.165) is 13.1 Å². The van der Waals surface area contributed by atoms with Crippen molar-refractivity contribution in [1.82, 2.24) is 20.4 Å². The van der Waals surface area contributed by atoms with Crippen molar-refractivity contribution in [3.8, 4) is 0 Å². The van der Waals surface area contributed by atoms with E-state index in [1.807, 2.05) is 12.1 Å². The van der Waals surface area contributed by atoms with E-state index < -0.39 is 5.97 Å². The van der Waals surface area contributed by atoms with Gasteiger partial charge in [-0.2, -0.15) is 5.10 Å². The minimum absolute atomic E-state index is 0.0158. The maximum atomic E-state index is 11.9. The van der Waals surface area contributed by atoms with Crippen molar-refractivity contribution in [2.75, 3.05) is 32.8 Å². The molecule has 0 radical (unpaired) electrons. The molecular weight excluding hydrogens is 419 g/mol. The first-order valence-electron chi connectivity index (χ1n) is 9.09. The van der Waals surface area contributed by atoms with Crippen molar-refractivity contribution in [2.45, 2.75) is 13.5 Å². The maximum Gasteiger partial charge on any atom is 0.354 e. The van der Waals surface area contributed by atoms with Gasteiger partial charge in [-0.1, -0.05) is 35.3 Å². The van der Waals surface area contributed by atoms with Crippen molar-refractivity contribution in [1.29, 1.82) is 0 Å². The third-order valence-electron chi connectivity index (χ3n) is 4.04. The highest BCUT2D eigenvalue weighted by Gasteiger charge is 2.17. The number of rotatable bonds is 5. The second kappa shape index (κ2) is 11.8. The highest BCUT2D eigenvalue weighted by atomic mass is 35.5. The number of amides is 1. The summed E-state index contributed by atoms with van der Waals surface area (Å²) < 4.78 is 6.61. The fourth-order valence-corrected chi connectivity index (χ4v) is 2.89. The van der Waals surface area contributed by atoms with E-state index >= 15 is 0 Å². The van der Waals surface area contributed by atoms with E-state index in [1.54, 1.807) is 19.1 Å². The second-order valence-corrected chi connectivity index (χ2v) is 7.31. The Bertz CT molecular complexity index is 799. The van der Waals surface area contributed by atoms with Gasteiger partial charge in [0.1, 0.15) is 12.2 Å². The molecule has 1 aliphatic rings. The van der Waals surface area contributed by atoms with Crippen molar-refractivity contribution >= 4 is 35.1 Å². The third-order valence-corrected chi connectivity index (χ3v) is 4.79. The highest BCUT2D eigenvalue weighted by molar-refractivity contribution is 6.41. The van der Waals surface area contributed by atoms with Crippen LogP contribution in [0.3, 0.4) is 0 Å². The summed E-state index contributed by atoms with van der Waals surface area (Å²) in [5.41, 5.74) is 0.587. The van der Waals surface area contributed by atoms with Gasteiger partial charge in [0.15, 0.2) is 0 Å². The summed E-state index contributed by atoms with van der Waals surface area (Å²) in [6.07, 6.45) is 0. The Morgan fingerprint density at radius 2 is 2.03 bits per heavy atom. The molecule has 1 aromatic carbocycles. The standard InChI is InChI=1S/C13H20N4O4.C6H4Cl2/c1-9-4-11(13(19)20)17(16-9)7-12(18)15-6-10-5-14-2-3-21-8-10;7-5-3-1-2-4-6(5)8/h4,10,14H,2-3,5-8H2,1H3,(H,15,18)(H,19,20);1-4H. The number of hydrogen-bond acceptors (Lipinski definition) is 5. The van der Waals surface area contributed by atoms with E-state index in [2.05, 4.69) is 15.7 Å². The Morgan fingerprint density at radius 1 is 1.34 bits per heavy atom. The summed E-state index contributed by atoms with van der Waals surface area (Å²) in [6, 6.07) is 8.63. The molecule has 2 aromatic rings. The Kier molecular flexibility index (Phi) is 9.40. The summed E-state index contributed by atoms with van der Waals surface area (Å²) in [6.45, 7) is 4.98. The van der Waals surface area contributed by atoms with Gasteiger partial charge in [-0.25, -0.2) is 9.48 Å². The molecular formula is C19H24Cl2N4O4. The number of nitrogens with one attached hydrogen (secondary N) is 2. The molecule has 1 aromatic heterocycles. The number of benzene rings is 1. The number of carboxylic acid groups (broad SMARTS) is 1. The zero-order chi connectivity index (χ0) is 21.2. The topological polar surface area (TPSA) is 105 Å². The van der Waals surface area contributed by atoms with Crippen LogP contribution >= 0.6 is 23.2 Å². The molecule has 3 rings (SSSR count). The van der Waals surface area contributed by atoms with Gasteiger partial charge in [-0.05, 0) is 25.1 Å². The second-order valence-electron chi connectivity index (χ2n) is 6.50. The van der Waals surface area contributed by atoms with Crippen LogP contribution in [0.2, 0.25) is 10.0 Å². The molecule has 1 fully saturated rings. The van der Waals surface area contributed by atoms with Crippen molar-refractivity contribution in [2.24, 2.45) is 5.92 Å². The lowest BCUT2D eigenvalue weighted by atomic mass is 10.1. The molecule has 158 valence electrons. The largest absolute Gasteiger partial charge is 0.477 e. The predicted molar refractivity (Wildman–Crippen MR) is 111 cm³/mol. The number of aromatic nitrogens is 2. The third kappa shape index (κ3) is 8.02. The molecule has 1 saturated heterocycles. The summed E-state index contributed by atoms with van der Waals surface area (Å²) in [5.74, 6) is -1.13. The first-order chi connectivity index (χ1) is 13.9. The lowest BCUT2D eigenvalue weighted by Gasteiger charge is -2.14. The zero-order valence-electron chi connectivity index (χ0n) is 16.0. The van der Waals surface area contributed by atoms with Crippen molar-refractivity contribution in [3.05, 3.63) is 51.8 Å². The number of carboxylic acids is 1. The van der Waals surface area contributed by atoms with Crippen LogP contribution in [0.1, 0.15) is 16.2 Å². The number of halogens is 2. The molecule has 0 bridgehead atoms. The zero-order valence-corrected chi connectivity index (χ0v) is 17.5. The fourth-order valence-electron chi connectivity index (χ4n) is 2.62. The van der Waals surface area contributed by atoms with Crippen LogP contribution in [-0.4, -0.2) is 59.6 Å². The number of hydrogen-bond donors (Lipinski definition) is 3. The number of carbonyl (C=O) groups is 2. The minimum atomic E-state index is -1.09. The smallest absolute Gasteiger partial charge is 0.354 e. The molecule has 3 N–H and O–H groups in total. The van der Waals surface area contributed by atoms with Crippen molar-refractivity contribution in [3.63, 3.8) is 0 Å². The van der Waals surface area contributed by atoms with Gasteiger partial charge in [0.25, 0.3) is 0 Å². The Balaban J connectivity index is 0.000000313. The summed E-state index contributed by atoms with van der Waals surface area (Å²) >= 11 is 11.2. The predicted octanol–water partition coefficient (Wildman–Crippen LogP) is 2.24.